The number of morpholine rings is 1. The van der Waals surface area contributed by atoms with Crippen molar-refractivity contribution in [2.45, 2.75) is 6.42 Å². The maximum Gasteiger partial charge on any atom is 0.228 e. The summed E-state index contributed by atoms with van der Waals surface area (Å²) >= 11 is 0. The van der Waals surface area contributed by atoms with Gasteiger partial charge in [0.1, 0.15) is 23.0 Å². The van der Waals surface area contributed by atoms with Crippen molar-refractivity contribution in [3.8, 4) is 22.6 Å². The maximum absolute atomic E-state index is 12.7. The third-order valence-corrected chi connectivity index (χ3v) is 6.34. The zero-order valence-electron chi connectivity index (χ0n) is 18.4. The highest BCUT2D eigenvalue weighted by atomic mass is 16.5. The number of benzene rings is 1. The fourth-order valence-corrected chi connectivity index (χ4v) is 4.50. The van der Waals surface area contributed by atoms with E-state index in [4.69, 9.17) is 14.2 Å². The van der Waals surface area contributed by atoms with Crippen LogP contribution in [0, 0.1) is 11.8 Å². The number of rotatable bonds is 7. The van der Waals surface area contributed by atoms with Crippen LogP contribution in [0.15, 0.2) is 36.5 Å². The standard InChI is InChI=1S/C24H28N4O4/c1-30-19-4-3-5-20(31-2)22(19)18-13-25-23-16(18)6-7-21(26-23)27-24(29)17-12-15(17)14-28-8-10-32-11-9-28/h3-7,13,15,17H,8-12,14H2,1-2H3,(H2,25,26,27,29)/t15-,17+/m1/s1. The molecule has 8 heteroatoms. The molecular formula is C24H28N4O4. The molecule has 1 aromatic carbocycles. The molecular weight excluding hydrogens is 408 g/mol. The molecule has 32 heavy (non-hydrogen) atoms. The molecule has 0 bridgehead atoms. The number of amides is 1. The van der Waals surface area contributed by atoms with Crippen LogP contribution in [0.5, 0.6) is 11.5 Å². The highest BCUT2D eigenvalue weighted by Gasteiger charge is 2.43. The molecule has 1 aliphatic carbocycles. The van der Waals surface area contributed by atoms with Gasteiger partial charge >= 0.3 is 0 Å². The van der Waals surface area contributed by atoms with Crippen LogP contribution in [0.3, 0.4) is 0 Å². The number of anilines is 1. The molecule has 2 fully saturated rings. The molecule has 1 saturated heterocycles. The minimum atomic E-state index is 0.0493. The van der Waals surface area contributed by atoms with Crippen molar-refractivity contribution in [2.24, 2.45) is 11.8 Å². The molecule has 168 valence electrons. The first-order valence-corrected chi connectivity index (χ1v) is 11.0. The topological polar surface area (TPSA) is 88.7 Å². The average molecular weight is 437 g/mol. The summed E-state index contributed by atoms with van der Waals surface area (Å²) in [6.45, 7) is 4.44. The molecule has 1 amide bonds. The Morgan fingerprint density at radius 1 is 1.19 bits per heavy atom. The molecule has 2 aliphatic rings. The number of nitrogens with one attached hydrogen (secondary N) is 2. The van der Waals surface area contributed by atoms with Crippen LogP contribution in [0.4, 0.5) is 5.82 Å². The lowest BCUT2D eigenvalue weighted by molar-refractivity contribution is -0.117. The molecule has 2 atom stereocenters. The molecule has 0 unspecified atom stereocenters. The number of aromatic nitrogens is 2. The second kappa shape index (κ2) is 8.80. The molecule has 1 aliphatic heterocycles. The van der Waals surface area contributed by atoms with Crippen molar-refractivity contribution in [1.29, 1.82) is 0 Å². The lowest BCUT2D eigenvalue weighted by atomic mass is 10.0. The van der Waals surface area contributed by atoms with Gasteiger partial charge in [0.15, 0.2) is 0 Å². The van der Waals surface area contributed by atoms with Gasteiger partial charge in [-0.1, -0.05) is 6.07 Å². The van der Waals surface area contributed by atoms with E-state index in [1.807, 2.05) is 36.5 Å². The van der Waals surface area contributed by atoms with Gasteiger partial charge in [-0.3, -0.25) is 9.69 Å². The summed E-state index contributed by atoms with van der Waals surface area (Å²) in [6.07, 6.45) is 2.83. The van der Waals surface area contributed by atoms with E-state index in [1.54, 1.807) is 14.2 Å². The number of nitrogens with zero attached hydrogens (tertiary/aromatic N) is 2. The van der Waals surface area contributed by atoms with Crippen LogP contribution >= 0.6 is 0 Å². The van der Waals surface area contributed by atoms with Crippen LogP contribution in [-0.4, -0.2) is 67.8 Å². The van der Waals surface area contributed by atoms with Crippen molar-refractivity contribution < 1.29 is 19.0 Å². The summed E-state index contributed by atoms with van der Waals surface area (Å²) in [5, 5.41) is 3.93. The molecule has 2 N–H and O–H groups in total. The SMILES string of the molecule is COc1cccc(OC)c1-c1c[nH]c2nc(NC(=O)[C@H]3C[C@@H]3CN3CCOCC3)ccc12. The second-order valence-electron chi connectivity index (χ2n) is 8.34. The number of hydrogen-bond acceptors (Lipinski definition) is 6. The Morgan fingerprint density at radius 3 is 2.66 bits per heavy atom. The normalized spacial score (nSPS) is 20.8. The molecule has 2 aromatic heterocycles. The molecule has 1 saturated carbocycles. The quantitative estimate of drug-likeness (QED) is 0.592. The van der Waals surface area contributed by atoms with E-state index >= 15 is 0 Å². The van der Waals surface area contributed by atoms with Crippen LogP contribution in [-0.2, 0) is 9.53 Å². The fourth-order valence-electron chi connectivity index (χ4n) is 4.50. The summed E-state index contributed by atoms with van der Waals surface area (Å²) in [7, 11) is 3.28. The molecule has 3 aromatic rings. The van der Waals surface area contributed by atoms with Gasteiger partial charge in [-0.15, -0.1) is 0 Å². The van der Waals surface area contributed by atoms with Crippen LogP contribution in [0.2, 0.25) is 0 Å². The van der Waals surface area contributed by atoms with Gasteiger partial charge < -0.3 is 24.5 Å². The van der Waals surface area contributed by atoms with Gasteiger partial charge in [-0.05, 0) is 36.6 Å². The first kappa shape index (κ1) is 20.8. The number of carbonyl (C=O) groups is 1. The van der Waals surface area contributed by atoms with E-state index < -0.39 is 0 Å². The Bertz CT molecular complexity index is 1100. The van der Waals surface area contributed by atoms with Crippen molar-refractivity contribution in [3.05, 3.63) is 36.5 Å². The number of H-pyrrole nitrogens is 1. The Hall–Kier alpha value is -3.10. The molecule has 0 spiro atoms. The monoisotopic (exact) mass is 436 g/mol. The van der Waals surface area contributed by atoms with Crippen LogP contribution < -0.4 is 14.8 Å². The summed E-state index contributed by atoms with van der Waals surface area (Å²) in [5.74, 6) is 2.54. The number of fused-ring (bicyclic) bond motifs is 1. The van der Waals surface area contributed by atoms with Crippen molar-refractivity contribution in [3.63, 3.8) is 0 Å². The summed E-state index contributed by atoms with van der Waals surface area (Å²) < 4.78 is 16.5. The molecule has 5 rings (SSSR count). The fraction of sp³-hybridized carbons (Fsp3) is 0.417. The van der Waals surface area contributed by atoms with Gasteiger partial charge in [0.25, 0.3) is 0 Å². The van der Waals surface area contributed by atoms with Gasteiger partial charge in [0, 0.05) is 42.7 Å². The predicted molar refractivity (Wildman–Crippen MR) is 122 cm³/mol. The van der Waals surface area contributed by atoms with Crippen molar-refractivity contribution in [2.75, 3.05) is 52.4 Å². The summed E-state index contributed by atoms with van der Waals surface area (Å²) in [5.41, 5.74) is 2.50. The lowest BCUT2D eigenvalue weighted by Crippen LogP contribution is -2.38. The molecule has 8 nitrogen and oxygen atoms in total. The second-order valence-corrected chi connectivity index (χ2v) is 8.34. The third-order valence-electron chi connectivity index (χ3n) is 6.34. The predicted octanol–water partition coefficient (Wildman–Crippen LogP) is 3.15. The van der Waals surface area contributed by atoms with E-state index in [0.717, 1.165) is 67.3 Å². The van der Waals surface area contributed by atoms with Crippen molar-refractivity contribution >= 4 is 22.8 Å². The number of methoxy groups -OCH3 is 2. The lowest BCUT2D eigenvalue weighted by Gasteiger charge is -2.26. The Morgan fingerprint density at radius 2 is 1.94 bits per heavy atom. The molecule has 3 heterocycles. The Labute approximate surface area is 186 Å². The number of aromatic amines is 1. The largest absolute Gasteiger partial charge is 0.496 e. The van der Waals surface area contributed by atoms with E-state index in [2.05, 4.69) is 20.2 Å². The average Bonchev–Trinajstić information content (AvgIpc) is 3.47. The number of pyridine rings is 1. The number of ether oxygens (including phenoxy) is 3. The number of carbonyl (C=O) groups excluding carboxylic acids is 1. The number of hydrogen-bond donors (Lipinski definition) is 2. The van der Waals surface area contributed by atoms with E-state index in [1.165, 1.54) is 0 Å². The highest BCUT2D eigenvalue weighted by Crippen LogP contribution is 2.42. The zero-order valence-corrected chi connectivity index (χ0v) is 18.4. The summed E-state index contributed by atoms with van der Waals surface area (Å²) in [4.78, 5) is 23.0. The van der Waals surface area contributed by atoms with E-state index in [-0.39, 0.29) is 11.8 Å². The van der Waals surface area contributed by atoms with Gasteiger partial charge in [-0.25, -0.2) is 4.98 Å². The summed E-state index contributed by atoms with van der Waals surface area (Å²) in [6, 6.07) is 9.52. The first-order valence-electron chi connectivity index (χ1n) is 11.0. The molecule has 0 radical (unpaired) electrons. The Balaban J connectivity index is 1.30. The maximum atomic E-state index is 12.7. The highest BCUT2D eigenvalue weighted by molar-refractivity contribution is 5.99. The first-order chi connectivity index (χ1) is 15.7. The van der Waals surface area contributed by atoms with Gasteiger partial charge in [-0.2, -0.15) is 0 Å². The van der Waals surface area contributed by atoms with Crippen molar-refractivity contribution in [1.82, 2.24) is 14.9 Å². The third kappa shape index (κ3) is 4.03. The van der Waals surface area contributed by atoms with Gasteiger partial charge in [0.05, 0.1) is 33.0 Å². The minimum absolute atomic E-state index is 0.0493. The van der Waals surface area contributed by atoms with Gasteiger partial charge in [0.2, 0.25) is 5.91 Å². The Kier molecular flexibility index (Phi) is 5.71. The van der Waals surface area contributed by atoms with Crippen LogP contribution in [0.25, 0.3) is 22.2 Å². The van der Waals surface area contributed by atoms with E-state index in [0.29, 0.717) is 17.4 Å². The van der Waals surface area contributed by atoms with Crippen LogP contribution in [0.1, 0.15) is 6.42 Å². The van der Waals surface area contributed by atoms with E-state index in [9.17, 15) is 4.79 Å². The smallest absolute Gasteiger partial charge is 0.228 e. The minimum Gasteiger partial charge on any atom is -0.496 e. The zero-order chi connectivity index (χ0) is 22.1.